The van der Waals surface area contributed by atoms with Gasteiger partial charge in [-0.1, -0.05) is 36.4 Å². The molecule has 2 aliphatic heterocycles. The highest BCUT2D eigenvalue weighted by molar-refractivity contribution is 8.03. The molecule has 1 saturated heterocycles. The Balaban J connectivity index is 1.52. The number of anilines is 1. The van der Waals surface area contributed by atoms with Gasteiger partial charge in [0.25, 0.3) is 0 Å². The van der Waals surface area contributed by atoms with Crippen molar-refractivity contribution in [3.8, 4) is 0 Å². The van der Waals surface area contributed by atoms with Crippen LogP contribution in [0.1, 0.15) is 5.56 Å². The van der Waals surface area contributed by atoms with E-state index < -0.39 is 17.3 Å². The van der Waals surface area contributed by atoms with Crippen molar-refractivity contribution in [3.63, 3.8) is 0 Å². The number of imide groups is 1. The fraction of sp³-hybridized carbons (Fsp3) is 0.190. The van der Waals surface area contributed by atoms with Crippen molar-refractivity contribution in [2.75, 3.05) is 11.9 Å². The summed E-state index contributed by atoms with van der Waals surface area (Å²) in [5, 5.41) is 4.06. The standard InChI is InChI=1S/C21H18FN3O3S/c22-15-8-6-14(7-9-15)12-25-20(27)19-17(10-11-29-19)24(21(25)28)13-18(26)23-16-4-2-1-3-5-16/h1-11,17,19H,12-13H2,(H,23,26). The van der Waals surface area contributed by atoms with Gasteiger partial charge in [0.2, 0.25) is 11.8 Å². The number of carbonyl (C=O) groups excluding carboxylic acids is 3. The summed E-state index contributed by atoms with van der Waals surface area (Å²) < 4.78 is 13.2. The second kappa shape index (κ2) is 8.08. The number of urea groups is 1. The summed E-state index contributed by atoms with van der Waals surface area (Å²) in [7, 11) is 0. The molecule has 1 N–H and O–H groups in total. The zero-order valence-corrected chi connectivity index (χ0v) is 16.1. The van der Waals surface area contributed by atoms with Crippen molar-refractivity contribution in [2.24, 2.45) is 0 Å². The number of hydrogen-bond acceptors (Lipinski definition) is 4. The van der Waals surface area contributed by atoms with Crippen LogP contribution >= 0.6 is 11.8 Å². The fourth-order valence-corrected chi connectivity index (χ4v) is 4.42. The molecule has 0 aromatic heterocycles. The molecule has 0 aliphatic carbocycles. The van der Waals surface area contributed by atoms with Crippen molar-refractivity contribution in [2.45, 2.75) is 17.8 Å². The van der Waals surface area contributed by atoms with Crippen LogP contribution in [0.3, 0.4) is 0 Å². The molecular formula is C21H18FN3O3S. The van der Waals surface area contributed by atoms with Crippen LogP contribution in [0, 0.1) is 5.82 Å². The van der Waals surface area contributed by atoms with Crippen molar-refractivity contribution in [3.05, 3.63) is 77.5 Å². The number of hydrogen-bond donors (Lipinski definition) is 1. The third kappa shape index (κ3) is 4.02. The third-order valence-corrected chi connectivity index (χ3v) is 5.87. The van der Waals surface area contributed by atoms with E-state index in [2.05, 4.69) is 5.32 Å². The van der Waals surface area contributed by atoms with Gasteiger partial charge >= 0.3 is 6.03 Å². The first-order valence-electron chi connectivity index (χ1n) is 9.06. The maximum absolute atomic E-state index is 13.2. The number of amides is 4. The molecule has 1 fully saturated rings. The number of nitrogens with one attached hydrogen (secondary N) is 1. The fourth-order valence-electron chi connectivity index (χ4n) is 3.36. The van der Waals surface area contributed by atoms with E-state index in [9.17, 15) is 18.8 Å². The Hall–Kier alpha value is -3.13. The Labute approximate surface area is 171 Å². The SMILES string of the molecule is O=C(CN1C(=O)N(Cc2ccc(F)cc2)C(=O)C2SC=CC21)Nc1ccccc1. The average Bonchev–Trinajstić information content (AvgIpc) is 3.21. The highest BCUT2D eigenvalue weighted by Crippen LogP contribution is 2.34. The van der Waals surface area contributed by atoms with Gasteiger partial charge < -0.3 is 10.2 Å². The number of halogens is 1. The number of thioether (sulfide) groups is 1. The first-order chi connectivity index (χ1) is 14.0. The first-order valence-corrected chi connectivity index (χ1v) is 10.0. The largest absolute Gasteiger partial charge is 0.328 e. The van der Waals surface area contributed by atoms with Crippen molar-refractivity contribution in [1.29, 1.82) is 0 Å². The quantitative estimate of drug-likeness (QED) is 0.820. The number of carbonyl (C=O) groups is 3. The highest BCUT2D eigenvalue weighted by Gasteiger charge is 2.47. The Morgan fingerprint density at radius 1 is 1.07 bits per heavy atom. The van der Waals surface area contributed by atoms with E-state index >= 15 is 0 Å². The molecule has 2 aliphatic rings. The van der Waals surface area contributed by atoms with Gasteiger partial charge in [-0.25, -0.2) is 9.18 Å². The van der Waals surface area contributed by atoms with Crippen LogP contribution in [0.4, 0.5) is 14.9 Å². The summed E-state index contributed by atoms with van der Waals surface area (Å²) in [6.07, 6.45) is 1.77. The van der Waals surface area contributed by atoms with Gasteiger partial charge in [-0.2, -0.15) is 0 Å². The molecule has 148 valence electrons. The Morgan fingerprint density at radius 3 is 2.52 bits per heavy atom. The lowest BCUT2D eigenvalue weighted by molar-refractivity contribution is -0.132. The van der Waals surface area contributed by atoms with Crippen molar-refractivity contribution < 1.29 is 18.8 Å². The molecule has 0 bridgehead atoms. The minimum atomic E-state index is -0.532. The van der Waals surface area contributed by atoms with Gasteiger partial charge in [0.15, 0.2) is 0 Å². The zero-order chi connectivity index (χ0) is 20.4. The Bertz CT molecular complexity index is 965. The molecule has 4 amide bonds. The lowest BCUT2D eigenvalue weighted by Gasteiger charge is -2.40. The lowest BCUT2D eigenvalue weighted by Crippen LogP contribution is -2.62. The van der Waals surface area contributed by atoms with Gasteiger partial charge in [0.1, 0.15) is 17.6 Å². The van der Waals surface area contributed by atoms with E-state index in [1.54, 1.807) is 35.7 Å². The maximum atomic E-state index is 13.2. The lowest BCUT2D eigenvalue weighted by atomic mass is 10.1. The molecule has 6 nitrogen and oxygen atoms in total. The summed E-state index contributed by atoms with van der Waals surface area (Å²) >= 11 is 1.33. The summed E-state index contributed by atoms with van der Waals surface area (Å²) in [5.74, 6) is -1.04. The molecular weight excluding hydrogens is 393 g/mol. The molecule has 8 heteroatoms. The monoisotopic (exact) mass is 411 g/mol. The molecule has 0 saturated carbocycles. The predicted molar refractivity (Wildman–Crippen MR) is 108 cm³/mol. The van der Waals surface area contributed by atoms with E-state index in [1.165, 1.54) is 40.9 Å². The van der Waals surface area contributed by atoms with Gasteiger partial charge in [-0.3, -0.25) is 14.5 Å². The molecule has 2 aromatic carbocycles. The number of para-hydroxylation sites is 1. The molecule has 2 unspecified atom stereocenters. The van der Waals surface area contributed by atoms with E-state index in [0.29, 0.717) is 11.3 Å². The highest BCUT2D eigenvalue weighted by atomic mass is 32.2. The predicted octanol–water partition coefficient (Wildman–Crippen LogP) is 3.23. The second-order valence-electron chi connectivity index (χ2n) is 6.75. The number of nitrogens with zero attached hydrogens (tertiary/aromatic N) is 2. The Kier molecular flexibility index (Phi) is 5.35. The summed E-state index contributed by atoms with van der Waals surface area (Å²) in [6, 6.07) is 13.6. The van der Waals surface area contributed by atoms with Gasteiger partial charge in [0.05, 0.1) is 12.6 Å². The molecule has 2 aromatic rings. The van der Waals surface area contributed by atoms with Crippen LogP contribution in [0.15, 0.2) is 66.1 Å². The summed E-state index contributed by atoms with van der Waals surface area (Å²) in [6.45, 7) is -0.147. The maximum Gasteiger partial charge on any atom is 0.328 e. The van der Waals surface area contributed by atoms with E-state index in [0.717, 1.165) is 4.90 Å². The second-order valence-corrected chi connectivity index (χ2v) is 7.80. The van der Waals surface area contributed by atoms with Crippen molar-refractivity contribution >= 4 is 35.3 Å². The zero-order valence-electron chi connectivity index (χ0n) is 15.3. The van der Waals surface area contributed by atoms with Crippen LogP contribution < -0.4 is 5.32 Å². The molecule has 2 heterocycles. The van der Waals surface area contributed by atoms with Gasteiger partial charge in [-0.05, 0) is 35.2 Å². The third-order valence-electron chi connectivity index (χ3n) is 4.78. The minimum Gasteiger partial charge on any atom is -0.325 e. The molecule has 0 spiro atoms. The van der Waals surface area contributed by atoms with E-state index in [-0.39, 0.29) is 30.7 Å². The van der Waals surface area contributed by atoms with Crippen LogP contribution in [-0.4, -0.2) is 45.5 Å². The number of rotatable bonds is 5. The van der Waals surface area contributed by atoms with Crippen LogP contribution in [0.5, 0.6) is 0 Å². The smallest absolute Gasteiger partial charge is 0.325 e. The summed E-state index contributed by atoms with van der Waals surface area (Å²) in [4.78, 5) is 41.0. The topological polar surface area (TPSA) is 69.7 Å². The molecule has 4 rings (SSSR count). The normalized spacial score (nSPS) is 20.7. The average molecular weight is 411 g/mol. The Morgan fingerprint density at radius 2 is 1.79 bits per heavy atom. The minimum absolute atomic E-state index is 0.0263. The molecule has 0 radical (unpaired) electrons. The van der Waals surface area contributed by atoms with Crippen LogP contribution in [0.2, 0.25) is 0 Å². The summed E-state index contributed by atoms with van der Waals surface area (Å²) in [5.41, 5.74) is 1.27. The molecule has 2 atom stereocenters. The number of fused-ring (bicyclic) bond motifs is 1. The van der Waals surface area contributed by atoms with Gasteiger partial charge in [0, 0.05) is 5.69 Å². The first kappa shape index (κ1) is 19.2. The van der Waals surface area contributed by atoms with Crippen LogP contribution in [-0.2, 0) is 16.1 Å². The number of benzene rings is 2. The van der Waals surface area contributed by atoms with Crippen molar-refractivity contribution in [1.82, 2.24) is 9.80 Å². The van der Waals surface area contributed by atoms with E-state index in [1.807, 2.05) is 6.07 Å². The van der Waals surface area contributed by atoms with E-state index in [4.69, 9.17) is 0 Å². The van der Waals surface area contributed by atoms with Gasteiger partial charge in [-0.15, -0.1) is 11.8 Å². The molecule has 29 heavy (non-hydrogen) atoms. The van der Waals surface area contributed by atoms with Crippen LogP contribution in [0.25, 0.3) is 0 Å².